The van der Waals surface area contributed by atoms with Gasteiger partial charge in [-0.25, -0.2) is 0 Å². The van der Waals surface area contributed by atoms with E-state index in [0.29, 0.717) is 11.4 Å². The summed E-state index contributed by atoms with van der Waals surface area (Å²) in [4.78, 5) is 21.6. The molecule has 0 aromatic heterocycles. The highest BCUT2D eigenvalue weighted by atomic mass is 16.5. The highest BCUT2D eigenvalue weighted by Crippen LogP contribution is 2.19. The number of ether oxygens (including phenoxy) is 1. The van der Waals surface area contributed by atoms with Crippen LogP contribution in [-0.2, 0) is 9.59 Å². The van der Waals surface area contributed by atoms with Gasteiger partial charge in [0.15, 0.2) is 0 Å². The third-order valence-electron chi connectivity index (χ3n) is 1.97. The van der Waals surface area contributed by atoms with Crippen molar-refractivity contribution in [3.63, 3.8) is 0 Å². The molecule has 0 bridgehead atoms. The smallest absolute Gasteiger partial charge is 0.236 e. The Bertz CT molecular complexity index is 407. The molecule has 6 heteroatoms. The van der Waals surface area contributed by atoms with Gasteiger partial charge < -0.3 is 21.5 Å². The molecule has 1 aromatic rings. The Balaban J connectivity index is 2.26. The Kier molecular flexibility index (Phi) is 4.80. The Morgan fingerprint density at radius 3 is 2.65 bits per heavy atom. The molecule has 0 atom stereocenters. The summed E-state index contributed by atoms with van der Waals surface area (Å²) in [5.41, 5.74) is 11.0. The number of carbonyl (C=O) groups is 2. The molecule has 0 fully saturated rings. The largest absolute Gasteiger partial charge is 0.491 e. The topological polar surface area (TPSA) is 107 Å². The number of anilines is 1. The second kappa shape index (κ2) is 6.37. The van der Waals surface area contributed by atoms with Gasteiger partial charge in [0.1, 0.15) is 5.75 Å². The van der Waals surface area contributed by atoms with Gasteiger partial charge in [0.2, 0.25) is 11.8 Å². The number of benzene rings is 1. The number of nitrogen functional groups attached to an aromatic ring is 1. The summed E-state index contributed by atoms with van der Waals surface area (Å²) in [6, 6.07) is 7.01. The van der Waals surface area contributed by atoms with Crippen LogP contribution in [0.3, 0.4) is 0 Å². The number of para-hydroxylation sites is 2. The molecule has 0 aliphatic heterocycles. The van der Waals surface area contributed by atoms with Gasteiger partial charge in [-0.2, -0.15) is 0 Å². The maximum atomic E-state index is 11.2. The zero-order valence-electron chi connectivity index (χ0n) is 9.31. The maximum Gasteiger partial charge on any atom is 0.236 e. The maximum absolute atomic E-state index is 11.2. The van der Waals surface area contributed by atoms with E-state index >= 15 is 0 Å². The lowest BCUT2D eigenvalue weighted by Gasteiger charge is -2.08. The molecule has 5 N–H and O–H groups in total. The summed E-state index contributed by atoms with van der Waals surface area (Å²) in [5.74, 6) is -0.333. The van der Waals surface area contributed by atoms with Crippen LogP contribution in [0.1, 0.15) is 6.42 Å². The summed E-state index contributed by atoms with van der Waals surface area (Å²) >= 11 is 0. The molecular weight excluding hydrogens is 222 g/mol. The van der Waals surface area contributed by atoms with Crippen molar-refractivity contribution in [1.29, 1.82) is 0 Å². The molecule has 1 aromatic carbocycles. The van der Waals surface area contributed by atoms with E-state index < -0.39 is 5.91 Å². The SMILES string of the molecule is NC(=O)CNC(=O)CCOc1ccccc1N. The zero-order chi connectivity index (χ0) is 12.7. The summed E-state index contributed by atoms with van der Waals surface area (Å²) < 4.78 is 5.31. The van der Waals surface area contributed by atoms with E-state index in [9.17, 15) is 9.59 Å². The fourth-order valence-electron chi connectivity index (χ4n) is 1.14. The molecule has 0 aliphatic rings. The van der Waals surface area contributed by atoms with Crippen LogP contribution in [0.4, 0.5) is 5.69 Å². The minimum absolute atomic E-state index is 0.140. The average molecular weight is 237 g/mol. The lowest BCUT2D eigenvalue weighted by molar-refractivity contribution is -0.125. The van der Waals surface area contributed by atoms with Crippen molar-refractivity contribution >= 4 is 17.5 Å². The lowest BCUT2D eigenvalue weighted by Crippen LogP contribution is -2.33. The quantitative estimate of drug-likeness (QED) is 0.587. The highest BCUT2D eigenvalue weighted by Gasteiger charge is 2.04. The fourth-order valence-corrected chi connectivity index (χ4v) is 1.14. The van der Waals surface area contributed by atoms with Crippen molar-refractivity contribution in [3.8, 4) is 5.75 Å². The van der Waals surface area contributed by atoms with Crippen LogP contribution in [-0.4, -0.2) is 25.0 Å². The first-order valence-corrected chi connectivity index (χ1v) is 5.12. The van der Waals surface area contributed by atoms with Gasteiger partial charge in [0, 0.05) is 0 Å². The molecule has 0 heterocycles. The van der Waals surface area contributed by atoms with Crippen LogP contribution in [0.2, 0.25) is 0 Å². The van der Waals surface area contributed by atoms with E-state index in [4.69, 9.17) is 16.2 Å². The van der Waals surface area contributed by atoms with Crippen molar-refractivity contribution in [1.82, 2.24) is 5.32 Å². The van der Waals surface area contributed by atoms with E-state index in [1.807, 2.05) is 0 Å². The molecule has 92 valence electrons. The van der Waals surface area contributed by atoms with Crippen molar-refractivity contribution in [2.75, 3.05) is 18.9 Å². The Morgan fingerprint density at radius 2 is 2.00 bits per heavy atom. The molecule has 0 unspecified atom stereocenters. The zero-order valence-corrected chi connectivity index (χ0v) is 9.31. The first-order chi connectivity index (χ1) is 8.09. The second-order valence-corrected chi connectivity index (χ2v) is 3.38. The number of primary amides is 1. The third-order valence-corrected chi connectivity index (χ3v) is 1.97. The summed E-state index contributed by atoms with van der Waals surface area (Å²) in [7, 11) is 0. The van der Waals surface area contributed by atoms with Gasteiger partial charge >= 0.3 is 0 Å². The molecule has 0 aliphatic carbocycles. The second-order valence-electron chi connectivity index (χ2n) is 3.38. The predicted molar refractivity (Wildman–Crippen MR) is 63.2 cm³/mol. The normalized spacial score (nSPS) is 9.65. The van der Waals surface area contributed by atoms with E-state index in [-0.39, 0.29) is 25.5 Å². The first-order valence-electron chi connectivity index (χ1n) is 5.12. The summed E-state index contributed by atoms with van der Waals surface area (Å²) in [5, 5.41) is 2.36. The molecule has 1 rings (SSSR count). The number of carbonyl (C=O) groups excluding carboxylic acids is 2. The van der Waals surface area contributed by atoms with Crippen molar-refractivity contribution < 1.29 is 14.3 Å². The van der Waals surface area contributed by atoms with Crippen LogP contribution in [0.15, 0.2) is 24.3 Å². The van der Waals surface area contributed by atoms with Crippen molar-refractivity contribution in [2.24, 2.45) is 5.73 Å². The standard InChI is InChI=1S/C11H15N3O3/c12-8-3-1-2-4-9(8)17-6-5-11(16)14-7-10(13)15/h1-4H,5-7,12H2,(H2,13,15)(H,14,16). The van der Waals surface area contributed by atoms with Gasteiger partial charge in [0.25, 0.3) is 0 Å². The van der Waals surface area contributed by atoms with Crippen LogP contribution >= 0.6 is 0 Å². The number of hydrogen-bond donors (Lipinski definition) is 3. The molecule has 0 radical (unpaired) electrons. The minimum atomic E-state index is -0.577. The van der Waals surface area contributed by atoms with Crippen LogP contribution < -0.4 is 21.5 Å². The lowest BCUT2D eigenvalue weighted by atomic mass is 10.3. The summed E-state index contributed by atoms with van der Waals surface area (Å²) in [6.07, 6.45) is 0.140. The highest BCUT2D eigenvalue weighted by molar-refractivity contribution is 5.83. The van der Waals surface area contributed by atoms with Crippen LogP contribution in [0, 0.1) is 0 Å². The van der Waals surface area contributed by atoms with Crippen molar-refractivity contribution in [3.05, 3.63) is 24.3 Å². The van der Waals surface area contributed by atoms with E-state index in [0.717, 1.165) is 0 Å². The fraction of sp³-hybridized carbons (Fsp3) is 0.273. The van der Waals surface area contributed by atoms with Crippen LogP contribution in [0.25, 0.3) is 0 Å². The van der Waals surface area contributed by atoms with Gasteiger partial charge in [-0.1, -0.05) is 12.1 Å². The molecule has 0 saturated heterocycles. The molecule has 17 heavy (non-hydrogen) atoms. The third kappa shape index (κ3) is 4.87. The molecule has 2 amide bonds. The number of amides is 2. The van der Waals surface area contributed by atoms with Gasteiger partial charge in [-0.05, 0) is 12.1 Å². The Hall–Kier alpha value is -2.24. The molecule has 0 saturated carbocycles. The van der Waals surface area contributed by atoms with Gasteiger partial charge in [-0.3, -0.25) is 9.59 Å². The van der Waals surface area contributed by atoms with Crippen LogP contribution in [0.5, 0.6) is 5.75 Å². The average Bonchev–Trinajstić information content (AvgIpc) is 2.29. The number of rotatable bonds is 6. The number of nitrogens with one attached hydrogen (secondary N) is 1. The summed E-state index contributed by atoms with van der Waals surface area (Å²) in [6.45, 7) is 0.0329. The minimum Gasteiger partial charge on any atom is -0.491 e. The molecule has 6 nitrogen and oxygen atoms in total. The number of nitrogens with two attached hydrogens (primary N) is 2. The van der Waals surface area contributed by atoms with E-state index in [1.54, 1.807) is 24.3 Å². The monoisotopic (exact) mass is 237 g/mol. The van der Waals surface area contributed by atoms with Crippen molar-refractivity contribution in [2.45, 2.75) is 6.42 Å². The van der Waals surface area contributed by atoms with E-state index in [1.165, 1.54) is 0 Å². The van der Waals surface area contributed by atoms with Gasteiger partial charge in [-0.15, -0.1) is 0 Å². The molecular formula is C11H15N3O3. The Labute approximate surface area is 98.9 Å². The predicted octanol–water partition coefficient (Wildman–Crippen LogP) is -0.361. The Morgan fingerprint density at radius 1 is 1.29 bits per heavy atom. The first kappa shape index (κ1) is 12.8. The van der Waals surface area contributed by atoms with Gasteiger partial charge in [0.05, 0.1) is 25.3 Å². The van der Waals surface area contributed by atoms with E-state index in [2.05, 4.69) is 5.32 Å². The number of hydrogen-bond acceptors (Lipinski definition) is 4. The molecule has 0 spiro atoms.